The summed E-state index contributed by atoms with van der Waals surface area (Å²) >= 11 is 0. The SMILES string of the molecule is C[C@@H](O)[C@H](N)C(=O)OCCC(C(=O)OCC1c2ccccc2-c2ccccc21)(c1ccccc1)c1ccccc1. The number of carbonyl (C=O) groups is 2. The number of hydrogen-bond donors (Lipinski definition) is 2. The zero-order chi connectivity index (χ0) is 28.1. The number of carbonyl (C=O) groups excluding carboxylic acids is 2. The minimum atomic E-state index is -1.24. The van der Waals surface area contributed by atoms with Crippen LogP contribution in [-0.4, -0.2) is 42.4 Å². The van der Waals surface area contributed by atoms with Gasteiger partial charge < -0.3 is 20.3 Å². The number of benzene rings is 4. The van der Waals surface area contributed by atoms with Gasteiger partial charge in [-0.15, -0.1) is 0 Å². The van der Waals surface area contributed by atoms with Crippen molar-refractivity contribution in [3.63, 3.8) is 0 Å². The van der Waals surface area contributed by atoms with Gasteiger partial charge in [-0.3, -0.25) is 9.59 Å². The molecule has 40 heavy (non-hydrogen) atoms. The normalized spacial score (nSPS) is 14.1. The van der Waals surface area contributed by atoms with Gasteiger partial charge in [-0.25, -0.2) is 0 Å². The quantitative estimate of drug-likeness (QED) is 0.278. The summed E-state index contributed by atoms with van der Waals surface area (Å²) in [5, 5.41) is 9.71. The van der Waals surface area contributed by atoms with E-state index in [9.17, 15) is 14.7 Å². The Morgan fingerprint density at radius 2 is 1.25 bits per heavy atom. The van der Waals surface area contributed by atoms with Crippen LogP contribution in [0.1, 0.15) is 41.5 Å². The van der Waals surface area contributed by atoms with Crippen LogP contribution in [0.5, 0.6) is 0 Å². The Morgan fingerprint density at radius 3 is 1.75 bits per heavy atom. The molecule has 0 aliphatic heterocycles. The van der Waals surface area contributed by atoms with Crippen molar-refractivity contribution in [2.24, 2.45) is 5.73 Å². The summed E-state index contributed by atoms with van der Waals surface area (Å²) in [5.41, 5.74) is 10.5. The molecule has 0 saturated carbocycles. The van der Waals surface area contributed by atoms with Crippen LogP contribution in [0.4, 0.5) is 0 Å². The van der Waals surface area contributed by atoms with Gasteiger partial charge in [0.05, 0.1) is 12.7 Å². The van der Waals surface area contributed by atoms with Crippen molar-refractivity contribution in [2.75, 3.05) is 13.2 Å². The second-order valence-electron chi connectivity index (χ2n) is 10.1. The van der Waals surface area contributed by atoms with E-state index in [0.29, 0.717) is 0 Å². The van der Waals surface area contributed by atoms with Gasteiger partial charge in [-0.1, -0.05) is 109 Å². The van der Waals surface area contributed by atoms with Crippen LogP contribution < -0.4 is 5.73 Å². The fraction of sp³-hybridized carbons (Fsp3) is 0.235. The Balaban J connectivity index is 1.48. The molecule has 2 atom stereocenters. The first-order valence-corrected chi connectivity index (χ1v) is 13.5. The maximum absolute atomic E-state index is 14.3. The number of aliphatic hydroxyl groups excluding tert-OH is 1. The first-order chi connectivity index (χ1) is 19.4. The molecule has 4 aromatic carbocycles. The van der Waals surface area contributed by atoms with Gasteiger partial charge in [0.25, 0.3) is 0 Å². The molecule has 4 aromatic rings. The number of hydrogen-bond acceptors (Lipinski definition) is 6. The first kappa shape index (κ1) is 27.3. The topological polar surface area (TPSA) is 98.9 Å². The average molecular weight is 536 g/mol. The fourth-order valence-corrected chi connectivity index (χ4v) is 5.56. The molecule has 1 aliphatic carbocycles. The molecule has 0 bridgehead atoms. The second-order valence-corrected chi connectivity index (χ2v) is 10.1. The largest absolute Gasteiger partial charge is 0.464 e. The third-order valence-electron chi connectivity index (χ3n) is 7.74. The highest BCUT2D eigenvalue weighted by molar-refractivity contribution is 5.88. The van der Waals surface area contributed by atoms with Gasteiger partial charge in [0.15, 0.2) is 0 Å². The maximum atomic E-state index is 14.3. The third-order valence-corrected chi connectivity index (χ3v) is 7.74. The van der Waals surface area contributed by atoms with Crippen molar-refractivity contribution in [2.45, 2.75) is 36.8 Å². The monoisotopic (exact) mass is 535 g/mol. The molecule has 0 spiro atoms. The van der Waals surface area contributed by atoms with E-state index in [4.69, 9.17) is 15.2 Å². The lowest BCUT2D eigenvalue weighted by molar-refractivity contribution is -0.154. The predicted molar refractivity (Wildman–Crippen MR) is 154 cm³/mol. The van der Waals surface area contributed by atoms with Gasteiger partial charge in [0.1, 0.15) is 18.1 Å². The Morgan fingerprint density at radius 1 is 0.775 bits per heavy atom. The van der Waals surface area contributed by atoms with Crippen LogP contribution in [0.15, 0.2) is 109 Å². The van der Waals surface area contributed by atoms with E-state index < -0.39 is 29.5 Å². The van der Waals surface area contributed by atoms with Crippen molar-refractivity contribution >= 4 is 11.9 Å². The number of nitrogens with two attached hydrogens (primary N) is 1. The van der Waals surface area contributed by atoms with E-state index in [0.717, 1.165) is 33.4 Å². The number of ether oxygens (including phenoxy) is 2. The van der Waals surface area contributed by atoms with E-state index >= 15 is 0 Å². The molecular weight excluding hydrogens is 502 g/mol. The summed E-state index contributed by atoms with van der Waals surface area (Å²) in [6.45, 7) is 1.51. The van der Waals surface area contributed by atoms with Crippen molar-refractivity contribution in [1.29, 1.82) is 0 Å². The Bertz CT molecular complexity index is 1380. The number of aliphatic hydroxyl groups is 1. The van der Waals surface area contributed by atoms with Crippen LogP contribution in [0.3, 0.4) is 0 Å². The number of fused-ring (bicyclic) bond motifs is 3. The Hall–Kier alpha value is -4.26. The molecular formula is C34H33NO5. The van der Waals surface area contributed by atoms with Gasteiger partial charge in [0.2, 0.25) is 0 Å². The van der Waals surface area contributed by atoms with Crippen LogP contribution >= 0.6 is 0 Å². The van der Waals surface area contributed by atoms with Gasteiger partial charge in [-0.05, 0) is 40.3 Å². The van der Waals surface area contributed by atoms with E-state index in [1.54, 1.807) is 0 Å². The van der Waals surface area contributed by atoms with Crippen molar-refractivity contribution in [3.05, 3.63) is 131 Å². The Kier molecular flexibility index (Phi) is 8.10. The highest BCUT2D eigenvalue weighted by atomic mass is 16.5. The van der Waals surface area contributed by atoms with Crippen LogP contribution in [0.2, 0.25) is 0 Å². The van der Waals surface area contributed by atoms with Crippen molar-refractivity contribution in [3.8, 4) is 11.1 Å². The maximum Gasteiger partial charge on any atom is 0.325 e. The lowest BCUT2D eigenvalue weighted by atomic mass is 9.72. The van der Waals surface area contributed by atoms with Gasteiger partial charge in [0, 0.05) is 12.3 Å². The molecule has 0 saturated heterocycles. The molecule has 6 heteroatoms. The van der Waals surface area contributed by atoms with Crippen LogP contribution in [0.25, 0.3) is 11.1 Å². The zero-order valence-corrected chi connectivity index (χ0v) is 22.4. The molecule has 204 valence electrons. The molecule has 0 aromatic heterocycles. The second kappa shape index (κ2) is 11.9. The molecule has 5 rings (SSSR count). The zero-order valence-electron chi connectivity index (χ0n) is 22.4. The lowest BCUT2D eigenvalue weighted by Gasteiger charge is -2.33. The van der Waals surface area contributed by atoms with E-state index in [-0.39, 0.29) is 25.6 Å². The molecule has 0 amide bonds. The van der Waals surface area contributed by atoms with Crippen molar-refractivity contribution < 1.29 is 24.2 Å². The predicted octanol–water partition coefficient (Wildman–Crippen LogP) is 4.97. The molecule has 3 N–H and O–H groups in total. The third kappa shape index (κ3) is 5.16. The Labute approximate surface area is 234 Å². The summed E-state index contributed by atoms with van der Waals surface area (Å²) in [4.78, 5) is 26.8. The summed E-state index contributed by atoms with van der Waals surface area (Å²) in [6.07, 6.45) is -0.918. The minimum absolute atomic E-state index is 0.0900. The van der Waals surface area contributed by atoms with E-state index in [2.05, 4.69) is 24.3 Å². The minimum Gasteiger partial charge on any atom is -0.464 e. The molecule has 0 unspecified atom stereocenters. The average Bonchev–Trinajstić information content (AvgIpc) is 3.32. The number of rotatable bonds is 10. The van der Waals surface area contributed by atoms with Crippen LogP contribution in [-0.2, 0) is 24.5 Å². The van der Waals surface area contributed by atoms with Crippen LogP contribution in [0, 0.1) is 0 Å². The molecule has 0 heterocycles. The molecule has 6 nitrogen and oxygen atoms in total. The summed E-state index contributed by atoms with van der Waals surface area (Å²) < 4.78 is 11.7. The molecule has 0 fully saturated rings. The first-order valence-electron chi connectivity index (χ1n) is 13.5. The van der Waals surface area contributed by atoms with E-state index in [1.807, 2.05) is 84.9 Å². The highest BCUT2D eigenvalue weighted by Crippen LogP contribution is 2.45. The van der Waals surface area contributed by atoms with Gasteiger partial charge >= 0.3 is 11.9 Å². The molecule has 1 aliphatic rings. The summed E-state index contributed by atoms with van der Waals surface area (Å²) in [7, 11) is 0. The summed E-state index contributed by atoms with van der Waals surface area (Å²) in [6, 6.07) is 34.1. The van der Waals surface area contributed by atoms with Crippen molar-refractivity contribution in [1.82, 2.24) is 0 Å². The summed E-state index contributed by atoms with van der Waals surface area (Å²) in [5.74, 6) is -1.25. The van der Waals surface area contributed by atoms with Gasteiger partial charge in [-0.2, -0.15) is 0 Å². The standard InChI is InChI=1S/C34H33NO5/c1-23(36)31(35)32(37)39-21-20-34(24-12-4-2-5-13-24,25-14-6-3-7-15-25)33(38)40-22-30-28-18-10-8-16-26(28)27-17-9-11-19-29(27)30/h2-19,23,30-31,36H,20-22,35H2,1H3/t23-,31+/m1/s1. The molecule has 0 radical (unpaired) electrons. The van der Waals surface area contributed by atoms with E-state index in [1.165, 1.54) is 6.92 Å². The smallest absolute Gasteiger partial charge is 0.325 e. The lowest BCUT2D eigenvalue weighted by Crippen LogP contribution is -2.43. The fourth-order valence-electron chi connectivity index (χ4n) is 5.56. The highest BCUT2D eigenvalue weighted by Gasteiger charge is 2.44. The number of esters is 2.